The molecule has 0 unspecified atom stereocenters. The van der Waals surface area contributed by atoms with Crippen LogP contribution < -0.4 is 5.32 Å². The summed E-state index contributed by atoms with van der Waals surface area (Å²) in [5, 5.41) is 4.25. The van der Waals surface area contributed by atoms with E-state index in [0.29, 0.717) is 6.04 Å². The second-order valence-electron chi connectivity index (χ2n) is 4.83. The highest BCUT2D eigenvalue weighted by Crippen LogP contribution is 2.28. The van der Waals surface area contributed by atoms with Crippen molar-refractivity contribution >= 4 is 11.6 Å². The lowest BCUT2D eigenvalue weighted by atomic mass is 10.00. The highest BCUT2D eigenvalue weighted by molar-refractivity contribution is 6.31. The molecule has 3 heteroatoms. The Morgan fingerprint density at radius 2 is 2.17 bits per heavy atom. The maximum atomic E-state index is 6.24. The van der Waals surface area contributed by atoms with Gasteiger partial charge < -0.3 is 5.32 Å². The topological polar surface area (TPSA) is 15.3 Å². The quantitative estimate of drug-likeness (QED) is 0.841. The number of piperazine rings is 1. The molecule has 2 rings (SSSR count). The Labute approximate surface area is 115 Å². The molecular formula is C15H21ClN2. The normalized spacial score (nSPS) is 18.6. The molecule has 1 heterocycles. The summed E-state index contributed by atoms with van der Waals surface area (Å²) in [4.78, 5) is 2.51. The van der Waals surface area contributed by atoms with Crippen molar-refractivity contribution in [2.45, 2.75) is 19.4 Å². The first-order valence-electron chi connectivity index (χ1n) is 6.54. The maximum absolute atomic E-state index is 6.24. The van der Waals surface area contributed by atoms with Crippen LogP contribution in [0.1, 0.15) is 23.6 Å². The fourth-order valence-corrected chi connectivity index (χ4v) is 2.65. The van der Waals surface area contributed by atoms with Crippen LogP contribution in [0.3, 0.4) is 0 Å². The maximum Gasteiger partial charge on any atom is 0.0438 e. The zero-order chi connectivity index (χ0) is 13.0. The van der Waals surface area contributed by atoms with E-state index in [1.165, 1.54) is 5.56 Å². The Kier molecular flexibility index (Phi) is 4.81. The van der Waals surface area contributed by atoms with Crippen molar-refractivity contribution in [2.24, 2.45) is 0 Å². The molecular weight excluding hydrogens is 244 g/mol. The van der Waals surface area contributed by atoms with Gasteiger partial charge in [-0.05, 0) is 30.5 Å². The van der Waals surface area contributed by atoms with Crippen LogP contribution in [0.25, 0.3) is 0 Å². The van der Waals surface area contributed by atoms with Crippen LogP contribution in [-0.4, -0.2) is 31.1 Å². The van der Waals surface area contributed by atoms with Crippen LogP contribution in [0, 0.1) is 6.92 Å². The zero-order valence-corrected chi connectivity index (χ0v) is 11.7. The molecule has 1 aromatic carbocycles. The Morgan fingerprint density at radius 1 is 1.44 bits per heavy atom. The third-order valence-corrected chi connectivity index (χ3v) is 3.97. The molecule has 0 aromatic heterocycles. The summed E-state index contributed by atoms with van der Waals surface area (Å²) in [6, 6.07) is 6.81. The van der Waals surface area contributed by atoms with Crippen molar-refractivity contribution in [1.82, 2.24) is 10.2 Å². The molecule has 0 saturated carbocycles. The Morgan fingerprint density at radius 3 is 2.78 bits per heavy atom. The molecule has 98 valence electrons. The van der Waals surface area contributed by atoms with Gasteiger partial charge >= 0.3 is 0 Å². The van der Waals surface area contributed by atoms with E-state index in [1.807, 2.05) is 13.0 Å². The van der Waals surface area contributed by atoms with E-state index in [2.05, 4.69) is 35.0 Å². The first kappa shape index (κ1) is 13.6. The lowest BCUT2D eigenvalue weighted by molar-refractivity contribution is 0.174. The summed E-state index contributed by atoms with van der Waals surface area (Å²) >= 11 is 6.24. The summed E-state index contributed by atoms with van der Waals surface area (Å²) in [5.74, 6) is 0. The van der Waals surface area contributed by atoms with E-state index in [0.717, 1.165) is 43.2 Å². The number of hydrogen-bond acceptors (Lipinski definition) is 2. The predicted molar refractivity (Wildman–Crippen MR) is 78.2 cm³/mol. The third-order valence-electron chi connectivity index (χ3n) is 3.56. The number of halogens is 1. The van der Waals surface area contributed by atoms with Gasteiger partial charge in [0.2, 0.25) is 0 Å². The van der Waals surface area contributed by atoms with E-state index < -0.39 is 0 Å². The van der Waals surface area contributed by atoms with Crippen molar-refractivity contribution < 1.29 is 0 Å². The second-order valence-corrected chi connectivity index (χ2v) is 5.24. The Balaban J connectivity index is 2.22. The highest BCUT2D eigenvalue weighted by Gasteiger charge is 2.21. The minimum absolute atomic E-state index is 0.405. The van der Waals surface area contributed by atoms with Gasteiger partial charge in [0, 0.05) is 37.2 Å². The largest absolute Gasteiger partial charge is 0.314 e. The molecule has 1 saturated heterocycles. The fraction of sp³-hybridized carbons (Fsp3) is 0.467. The summed E-state index contributed by atoms with van der Waals surface area (Å²) in [5.41, 5.74) is 2.44. The van der Waals surface area contributed by atoms with Gasteiger partial charge in [-0.25, -0.2) is 0 Å². The van der Waals surface area contributed by atoms with Gasteiger partial charge in [0.05, 0.1) is 0 Å². The summed E-state index contributed by atoms with van der Waals surface area (Å²) in [6.45, 7) is 10.2. The molecule has 0 bridgehead atoms. The summed E-state index contributed by atoms with van der Waals surface area (Å²) in [7, 11) is 0. The van der Waals surface area contributed by atoms with Crippen molar-refractivity contribution in [3.63, 3.8) is 0 Å². The molecule has 1 aliphatic heterocycles. The molecule has 18 heavy (non-hydrogen) atoms. The van der Waals surface area contributed by atoms with E-state index >= 15 is 0 Å². The number of hydrogen-bond donors (Lipinski definition) is 1. The minimum Gasteiger partial charge on any atom is -0.314 e. The van der Waals surface area contributed by atoms with E-state index in [4.69, 9.17) is 11.6 Å². The fourth-order valence-electron chi connectivity index (χ4n) is 2.46. The van der Waals surface area contributed by atoms with Crippen LogP contribution in [-0.2, 0) is 0 Å². The van der Waals surface area contributed by atoms with Gasteiger partial charge in [0.1, 0.15) is 0 Å². The predicted octanol–water partition coefficient (Wildman–Crippen LogP) is 3.17. The van der Waals surface area contributed by atoms with Crippen molar-refractivity contribution in [2.75, 3.05) is 26.2 Å². The average molecular weight is 265 g/mol. The number of benzene rings is 1. The van der Waals surface area contributed by atoms with E-state index in [9.17, 15) is 0 Å². The van der Waals surface area contributed by atoms with Crippen molar-refractivity contribution in [1.29, 1.82) is 0 Å². The van der Waals surface area contributed by atoms with Crippen LogP contribution in [0.5, 0.6) is 0 Å². The molecule has 1 N–H and O–H groups in total. The number of rotatable bonds is 4. The van der Waals surface area contributed by atoms with E-state index in [1.54, 1.807) is 0 Å². The molecule has 0 amide bonds. The van der Waals surface area contributed by atoms with Crippen LogP contribution >= 0.6 is 11.6 Å². The third kappa shape index (κ3) is 3.14. The lowest BCUT2D eigenvalue weighted by Crippen LogP contribution is -2.45. The molecule has 0 radical (unpaired) electrons. The Hall–Kier alpha value is -0.830. The van der Waals surface area contributed by atoms with E-state index in [-0.39, 0.29) is 0 Å². The monoisotopic (exact) mass is 264 g/mol. The molecule has 1 fully saturated rings. The minimum atomic E-state index is 0.405. The van der Waals surface area contributed by atoms with Crippen LogP contribution in [0.2, 0.25) is 5.02 Å². The van der Waals surface area contributed by atoms with Gasteiger partial charge in [-0.2, -0.15) is 0 Å². The van der Waals surface area contributed by atoms with Gasteiger partial charge in [0.25, 0.3) is 0 Å². The number of nitrogens with one attached hydrogen (secondary N) is 1. The van der Waals surface area contributed by atoms with Crippen LogP contribution in [0.4, 0.5) is 0 Å². The van der Waals surface area contributed by atoms with Gasteiger partial charge in [-0.1, -0.05) is 29.8 Å². The SMILES string of the molecule is C=CC[C@H](c1ccc(C)c(Cl)c1)N1CCNCC1. The van der Waals surface area contributed by atoms with Crippen molar-refractivity contribution in [3.8, 4) is 0 Å². The second kappa shape index (κ2) is 6.37. The number of aryl methyl sites for hydroxylation is 1. The first-order chi connectivity index (χ1) is 8.72. The van der Waals surface area contributed by atoms with Gasteiger partial charge in [0.15, 0.2) is 0 Å². The van der Waals surface area contributed by atoms with Crippen LogP contribution in [0.15, 0.2) is 30.9 Å². The number of nitrogens with zero attached hydrogens (tertiary/aromatic N) is 1. The first-order valence-corrected chi connectivity index (χ1v) is 6.92. The highest BCUT2D eigenvalue weighted by atomic mass is 35.5. The molecule has 0 aliphatic carbocycles. The molecule has 1 atom stereocenters. The van der Waals surface area contributed by atoms with Gasteiger partial charge in [-0.15, -0.1) is 6.58 Å². The van der Waals surface area contributed by atoms with Gasteiger partial charge in [-0.3, -0.25) is 4.90 Å². The zero-order valence-electron chi connectivity index (χ0n) is 11.0. The average Bonchev–Trinajstić information content (AvgIpc) is 2.40. The lowest BCUT2D eigenvalue weighted by Gasteiger charge is -2.35. The molecule has 1 aromatic rings. The Bertz CT molecular complexity index is 411. The summed E-state index contributed by atoms with van der Waals surface area (Å²) < 4.78 is 0. The molecule has 2 nitrogen and oxygen atoms in total. The van der Waals surface area contributed by atoms with Crippen molar-refractivity contribution in [3.05, 3.63) is 47.0 Å². The molecule has 0 spiro atoms. The summed E-state index contributed by atoms with van der Waals surface area (Å²) in [6.07, 6.45) is 2.97. The molecule has 1 aliphatic rings. The smallest absolute Gasteiger partial charge is 0.0438 e. The standard InChI is InChI=1S/C15H21ClN2/c1-3-4-15(18-9-7-17-8-10-18)13-6-5-12(2)14(16)11-13/h3,5-6,11,15,17H,1,4,7-10H2,2H3/t15-/m1/s1.